The number of aromatic hydroxyl groups is 1. The lowest BCUT2D eigenvalue weighted by molar-refractivity contribution is -0.139. The Morgan fingerprint density at radius 2 is 2.24 bits per heavy atom. The molecule has 0 amide bonds. The largest absolute Gasteiger partial charge is 0.508 e. The van der Waals surface area contributed by atoms with Crippen molar-refractivity contribution in [3.05, 3.63) is 29.5 Å². The maximum atomic E-state index is 11.1. The van der Waals surface area contributed by atoms with Crippen molar-refractivity contribution in [3.63, 3.8) is 0 Å². The van der Waals surface area contributed by atoms with Crippen molar-refractivity contribution in [1.82, 2.24) is 10.3 Å². The minimum absolute atomic E-state index is 0.177. The van der Waals surface area contributed by atoms with Crippen LogP contribution in [0.15, 0.2) is 18.2 Å². The standard InChI is InChI=1S/C12H12N2O3/c15-6-1-2-7-8-3-4-13-11(12(16)17)10(8)14-9(7)5-6/h1-2,5,11,13-15H,3-4H2,(H,16,17). The summed E-state index contributed by atoms with van der Waals surface area (Å²) in [5.41, 5.74) is 2.51. The van der Waals surface area contributed by atoms with E-state index in [0.717, 1.165) is 22.9 Å². The summed E-state index contributed by atoms with van der Waals surface area (Å²) in [6.45, 7) is 0.651. The smallest absolute Gasteiger partial charge is 0.326 e. The fourth-order valence-electron chi connectivity index (χ4n) is 2.43. The van der Waals surface area contributed by atoms with E-state index in [0.29, 0.717) is 12.2 Å². The number of phenolic OH excluding ortho intramolecular Hbond substituents is 1. The van der Waals surface area contributed by atoms with Crippen LogP contribution in [0.2, 0.25) is 0 Å². The highest BCUT2D eigenvalue weighted by atomic mass is 16.4. The van der Waals surface area contributed by atoms with Gasteiger partial charge in [0.15, 0.2) is 0 Å². The average Bonchev–Trinajstić information content (AvgIpc) is 2.65. The maximum Gasteiger partial charge on any atom is 0.326 e. The van der Waals surface area contributed by atoms with E-state index in [1.807, 2.05) is 6.07 Å². The molecule has 88 valence electrons. The van der Waals surface area contributed by atoms with E-state index in [1.54, 1.807) is 12.1 Å². The number of benzene rings is 1. The second-order valence-electron chi connectivity index (χ2n) is 4.22. The quantitative estimate of drug-likeness (QED) is 0.594. The number of phenols is 1. The molecule has 0 radical (unpaired) electrons. The summed E-state index contributed by atoms with van der Waals surface area (Å²) in [5, 5.41) is 22.5. The van der Waals surface area contributed by atoms with Gasteiger partial charge >= 0.3 is 5.97 Å². The zero-order chi connectivity index (χ0) is 12.0. The van der Waals surface area contributed by atoms with Crippen LogP contribution in [-0.2, 0) is 11.2 Å². The highest BCUT2D eigenvalue weighted by Gasteiger charge is 2.28. The molecule has 1 aliphatic rings. The van der Waals surface area contributed by atoms with E-state index >= 15 is 0 Å². The third-order valence-electron chi connectivity index (χ3n) is 3.18. The predicted molar refractivity (Wildman–Crippen MR) is 62.0 cm³/mol. The Balaban J connectivity index is 2.24. The van der Waals surface area contributed by atoms with Crippen LogP contribution in [0.3, 0.4) is 0 Å². The lowest BCUT2D eigenvalue weighted by Crippen LogP contribution is -2.34. The number of fused-ring (bicyclic) bond motifs is 3. The molecule has 3 rings (SSSR count). The van der Waals surface area contributed by atoms with Gasteiger partial charge in [-0.2, -0.15) is 0 Å². The molecule has 2 heterocycles. The summed E-state index contributed by atoms with van der Waals surface area (Å²) in [7, 11) is 0. The van der Waals surface area contributed by atoms with Crippen molar-refractivity contribution in [2.45, 2.75) is 12.5 Å². The average molecular weight is 232 g/mol. The number of hydrogen-bond donors (Lipinski definition) is 4. The fourth-order valence-corrected chi connectivity index (χ4v) is 2.43. The maximum absolute atomic E-state index is 11.1. The zero-order valence-corrected chi connectivity index (χ0v) is 9.03. The summed E-state index contributed by atoms with van der Waals surface area (Å²) in [5.74, 6) is -0.711. The molecule has 1 aliphatic heterocycles. The highest BCUT2D eigenvalue weighted by molar-refractivity contribution is 5.89. The molecule has 2 aromatic rings. The molecule has 0 saturated heterocycles. The molecule has 1 atom stereocenters. The van der Waals surface area contributed by atoms with Gasteiger partial charge in [-0.25, -0.2) is 0 Å². The number of aromatic nitrogens is 1. The van der Waals surface area contributed by atoms with Crippen LogP contribution in [0.25, 0.3) is 10.9 Å². The van der Waals surface area contributed by atoms with Gasteiger partial charge in [0.25, 0.3) is 0 Å². The van der Waals surface area contributed by atoms with Crippen LogP contribution in [0.4, 0.5) is 0 Å². The molecule has 5 heteroatoms. The first kappa shape index (κ1) is 10.2. The molecule has 0 spiro atoms. The molecule has 1 unspecified atom stereocenters. The summed E-state index contributed by atoms with van der Waals surface area (Å²) >= 11 is 0. The molecule has 0 fully saturated rings. The first-order valence-electron chi connectivity index (χ1n) is 5.46. The number of aliphatic carboxylic acids is 1. The molecule has 5 nitrogen and oxygen atoms in total. The second kappa shape index (κ2) is 3.49. The first-order valence-corrected chi connectivity index (χ1v) is 5.46. The summed E-state index contributed by atoms with van der Waals surface area (Å²) in [6.07, 6.45) is 0.796. The SMILES string of the molecule is O=C(O)C1NCCc2c1[nH]c1cc(O)ccc21. The number of nitrogens with one attached hydrogen (secondary N) is 2. The Morgan fingerprint density at radius 3 is 3.00 bits per heavy atom. The normalized spacial score (nSPS) is 19.2. The monoisotopic (exact) mass is 232 g/mol. The van der Waals surface area contributed by atoms with Gasteiger partial charge in [0.2, 0.25) is 0 Å². The van der Waals surface area contributed by atoms with Gasteiger partial charge in [-0.3, -0.25) is 10.1 Å². The number of carboxylic acid groups (broad SMARTS) is 1. The predicted octanol–water partition coefficient (Wildman–Crippen LogP) is 1.14. The van der Waals surface area contributed by atoms with E-state index in [1.165, 1.54) is 0 Å². The molecular weight excluding hydrogens is 220 g/mol. The Morgan fingerprint density at radius 1 is 1.41 bits per heavy atom. The number of rotatable bonds is 1. The van der Waals surface area contributed by atoms with Crippen molar-refractivity contribution >= 4 is 16.9 Å². The van der Waals surface area contributed by atoms with E-state index in [2.05, 4.69) is 10.3 Å². The molecule has 17 heavy (non-hydrogen) atoms. The summed E-state index contributed by atoms with van der Waals surface area (Å²) in [4.78, 5) is 14.2. The van der Waals surface area contributed by atoms with E-state index in [-0.39, 0.29) is 5.75 Å². The second-order valence-corrected chi connectivity index (χ2v) is 4.22. The molecule has 0 saturated carbocycles. The summed E-state index contributed by atoms with van der Waals surface area (Å²) in [6, 6.07) is 4.37. The van der Waals surface area contributed by atoms with Crippen molar-refractivity contribution in [3.8, 4) is 5.75 Å². The molecule has 1 aromatic carbocycles. The van der Waals surface area contributed by atoms with Gasteiger partial charge < -0.3 is 15.2 Å². The van der Waals surface area contributed by atoms with Crippen molar-refractivity contribution < 1.29 is 15.0 Å². The van der Waals surface area contributed by atoms with Crippen molar-refractivity contribution in [1.29, 1.82) is 0 Å². The molecule has 1 aromatic heterocycles. The van der Waals surface area contributed by atoms with Gasteiger partial charge in [0, 0.05) is 29.2 Å². The molecule has 0 aliphatic carbocycles. The number of aromatic amines is 1. The Bertz CT molecular complexity index is 603. The zero-order valence-electron chi connectivity index (χ0n) is 9.03. The van der Waals surface area contributed by atoms with E-state index in [9.17, 15) is 9.90 Å². The van der Waals surface area contributed by atoms with Crippen molar-refractivity contribution in [2.75, 3.05) is 6.54 Å². The molecular formula is C12H12N2O3. The van der Waals surface area contributed by atoms with Crippen LogP contribution >= 0.6 is 0 Å². The summed E-state index contributed by atoms with van der Waals surface area (Å²) < 4.78 is 0. The lowest BCUT2D eigenvalue weighted by Gasteiger charge is -2.20. The minimum atomic E-state index is -0.887. The van der Waals surface area contributed by atoms with Gasteiger partial charge in [-0.15, -0.1) is 0 Å². The van der Waals surface area contributed by atoms with Crippen LogP contribution in [0.1, 0.15) is 17.3 Å². The van der Waals surface area contributed by atoms with Crippen LogP contribution in [-0.4, -0.2) is 27.7 Å². The van der Waals surface area contributed by atoms with Gasteiger partial charge in [-0.1, -0.05) is 0 Å². The van der Waals surface area contributed by atoms with Gasteiger partial charge in [-0.05, 0) is 24.1 Å². The Kier molecular flexibility index (Phi) is 2.09. The fraction of sp³-hybridized carbons (Fsp3) is 0.250. The molecule has 0 bridgehead atoms. The van der Waals surface area contributed by atoms with Crippen LogP contribution in [0, 0.1) is 0 Å². The van der Waals surface area contributed by atoms with E-state index < -0.39 is 12.0 Å². The van der Waals surface area contributed by atoms with Crippen molar-refractivity contribution in [2.24, 2.45) is 0 Å². The van der Waals surface area contributed by atoms with Crippen LogP contribution < -0.4 is 5.32 Å². The Labute approximate surface area is 97.1 Å². The van der Waals surface area contributed by atoms with E-state index in [4.69, 9.17) is 5.11 Å². The Hall–Kier alpha value is -2.01. The van der Waals surface area contributed by atoms with Gasteiger partial charge in [0.1, 0.15) is 11.8 Å². The van der Waals surface area contributed by atoms with Crippen LogP contribution in [0.5, 0.6) is 5.75 Å². The lowest BCUT2D eigenvalue weighted by atomic mass is 9.99. The van der Waals surface area contributed by atoms with Gasteiger partial charge in [0.05, 0.1) is 0 Å². The number of H-pyrrole nitrogens is 1. The third kappa shape index (κ3) is 1.47. The third-order valence-corrected chi connectivity index (χ3v) is 3.18. The highest BCUT2D eigenvalue weighted by Crippen LogP contribution is 2.31. The topological polar surface area (TPSA) is 85.4 Å². The number of hydrogen-bond acceptors (Lipinski definition) is 3. The number of carbonyl (C=O) groups is 1. The minimum Gasteiger partial charge on any atom is -0.508 e. The molecule has 4 N–H and O–H groups in total. The number of carboxylic acids is 1. The first-order chi connectivity index (χ1) is 8.16.